The number of halogens is 1. The zero-order chi connectivity index (χ0) is 14.0. The van der Waals surface area contributed by atoms with Crippen LogP contribution in [0.25, 0.3) is 0 Å². The Balaban J connectivity index is 2.31. The first-order valence-corrected chi connectivity index (χ1v) is 7.14. The van der Waals surface area contributed by atoms with Crippen LogP contribution in [0.5, 0.6) is 5.75 Å². The second kappa shape index (κ2) is 5.71. The molecule has 1 aromatic carbocycles. The number of carboxylic acids is 1. The maximum atomic E-state index is 12.3. The lowest BCUT2D eigenvalue weighted by Crippen LogP contribution is -2.50. The minimum Gasteiger partial charge on any atom is -0.507 e. The Morgan fingerprint density at radius 2 is 2.16 bits per heavy atom. The minimum absolute atomic E-state index is 0.0330. The highest BCUT2D eigenvalue weighted by molar-refractivity contribution is 7.99. The number of hydrogen-bond acceptors (Lipinski definition) is 4. The van der Waals surface area contributed by atoms with Crippen LogP contribution in [0.15, 0.2) is 18.2 Å². The molecule has 5 nitrogen and oxygen atoms in total. The van der Waals surface area contributed by atoms with Crippen molar-refractivity contribution in [1.29, 1.82) is 0 Å². The lowest BCUT2D eigenvalue weighted by atomic mass is 10.1. The van der Waals surface area contributed by atoms with E-state index >= 15 is 0 Å². The summed E-state index contributed by atoms with van der Waals surface area (Å²) in [6.45, 7) is 0.340. The Bertz CT molecular complexity index is 522. The van der Waals surface area contributed by atoms with E-state index in [1.165, 1.54) is 34.9 Å². The Morgan fingerprint density at radius 3 is 2.84 bits per heavy atom. The molecule has 1 fully saturated rings. The van der Waals surface area contributed by atoms with Crippen LogP contribution < -0.4 is 0 Å². The van der Waals surface area contributed by atoms with Crippen LogP contribution in [0.3, 0.4) is 0 Å². The first-order valence-electron chi connectivity index (χ1n) is 5.60. The molecule has 0 spiro atoms. The number of aliphatic carboxylic acids is 1. The molecule has 1 aliphatic rings. The van der Waals surface area contributed by atoms with Gasteiger partial charge in [0.2, 0.25) is 0 Å². The zero-order valence-electron chi connectivity index (χ0n) is 9.88. The number of thioether (sulfide) groups is 1. The number of carboxylic acid groups (broad SMARTS) is 1. The molecule has 0 bridgehead atoms. The van der Waals surface area contributed by atoms with Crippen LogP contribution in [-0.4, -0.2) is 51.1 Å². The normalized spacial score (nSPS) is 19.2. The van der Waals surface area contributed by atoms with Gasteiger partial charge < -0.3 is 15.1 Å². The average Bonchev–Trinajstić information content (AvgIpc) is 2.40. The van der Waals surface area contributed by atoms with Gasteiger partial charge in [-0.25, -0.2) is 4.79 Å². The maximum absolute atomic E-state index is 12.3. The SMILES string of the molecule is O=C(O)C1CSCCN1C(=O)c1cc(Cl)ccc1O. The van der Waals surface area contributed by atoms with Gasteiger partial charge in [0.05, 0.1) is 5.56 Å². The molecule has 2 rings (SSSR count). The highest BCUT2D eigenvalue weighted by Gasteiger charge is 2.33. The Morgan fingerprint density at radius 1 is 1.42 bits per heavy atom. The number of hydrogen-bond donors (Lipinski definition) is 2. The predicted molar refractivity (Wildman–Crippen MR) is 72.9 cm³/mol. The third kappa shape index (κ3) is 2.96. The van der Waals surface area contributed by atoms with Crippen LogP contribution in [0.2, 0.25) is 5.02 Å². The number of aromatic hydroxyl groups is 1. The van der Waals surface area contributed by atoms with E-state index < -0.39 is 17.9 Å². The summed E-state index contributed by atoms with van der Waals surface area (Å²) in [7, 11) is 0. The Hall–Kier alpha value is -1.40. The number of rotatable bonds is 2. The van der Waals surface area contributed by atoms with Crippen LogP contribution in [0.1, 0.15) is 10.4 Å². The zero-order valence-corrected chi connectivity index (χ0v) is 11.4. The van der Waals surface area contributed by atoms with Crippen molar-refractivity contribution < 1.29 is 19.8 Å². The van der Waals surface area contributed by atoms with E-state index in [-0.39, 0.29) is 11.3 Å². The molecule has 1 aliphatic heterocycles. The van der Waals surface area contributed by atoms with Crippen molar-refractivity contribution in [3.8, 4) is 5.75 Å². The molecule has 0 aliphatic carbocycles. The van der Waals surface area contributed by atoms with Gasteiger partial charge >= 0.3 is 5.97 Å². The predicted octanol–water partition coefficient (Wildman–Crippen LogP) is 1.69. The standard InChI is InChI=1S/C12H12ClNO4S/c13-7-1-2-10(15)8(5-7)11(16)14-3-4-19-6-9(14)12(17)18/h1-2,5,9,15H,3-4,6H2,(H,17,18). The summed E-state index contributed by atoms with van der Waals surface area (Å²) in [5.41, 5.74) is 0.0330. The fourth-order valence-electron chi connectivity index (χ4n) is 1.89. The van der Waals surface area contributed by atoms with Crippen molar-refractivity contribution in [3.05, 3.63) is 28.8 Å². The van der Waals surface area contributed by atoms with Gasteiger partial charge in [0, 0.05) is 23.1 Å². The van der Waals surface area contributed by atoms with Crippen LogP contribution in [0.4, 0.5) is 0 Å². The largest absolute Gasteiger partial charge is 0.507 e. The van der Waals surface area contributed by atoms with Gasteiger partial charge in [-0.3, -0.25) is 4.79 Å². The summed E-state index contributed by atoms with van der Waals surface area (Å²) < 4.78 is 0. The van der Waals surface area contributed by atoms with E-state index in [4.69, 9.17) is 16.7 Å². The molecule has 1 unspecified atom stereocenters. The smallest absolute Gasteiger partial charge is 0.327 e. The monoisotopic (exact) mass is 301 g/mol. The van der Waals surface area contributed by atoms with E-state index in [0.717, 1.165) is 0 Å². The second-order valence-electron chi connectivity index (χ2n) is 4.09. The first-order chi connectivity index (χ1) is 9.00. The number of carbonyl (C=O) groups excluding carboxylic acids is 1. The van der Waals surface area contributed by atoms with E-state index in [1.807, 2.05) is 0 Å². The Labute approximate surface area is 119 Å². The number of phenolic OH excluding ortho intramolecular Hbond substituents is 1. The van der Waals surface area contributed by atoms with E-state index in [0.29, 0.717) is 23.1 Å². The lowest BCUT2D eigenvalue weighted by molar-refractivity contribution is -0.141. The van der Waals surface area contributed by atoms with Crippen LogP contribution >= 0.6 is 23.4 Å². The summed E-state index contributed by atoms with van der Waals surface area (Å²) in [6.07, 6.45) is 0. The number of nitrogens with zero attached hydrogens (tertiary/aromatic N) is 1. The van der Waals surface area contributed by atoms with Gasteiger partial charge in [0.25, 0.3) is 5.91 Å². The topological polar surface area (TPSA) is 77.8 Å². The molecule has 0 aromatic heterocycles. The van der Waals surface area contributed by atoms with Crippen molar-refractivity contribution in [2.45, 2.75) is 6.04 Å². The quantitative estimate of drug-likeness (QED) is 0.869. The fraction of sp³-hybridized carbons (Fsp3) is 0.333. The maximum Gasteiger partial charge on any atom is 0.327 e. The van der Waals surface area contributed by atoms with Gasteiger partial charge in [-0.1, -0.05) is 11.6 Å². The highest BCUT2D eigenvalue weighted by Crippen LogP contribution is 2.26. The third-order valence-electron chi connectivity index (χ3n) is 2.86. The van der Waals surface area contributed by atoms with E-state index in [1.54, 1.807) is 0 Å². The van der Waals surface area contributed by atoms with Gasteiger partial charge in [-0.2, -0.15) is 11.8 Å². The van der Waals surface area contributed by atoms with E-state index in [9.17, 15) is 14.7 Å². The average molecular weight is 302 g/mol. The second-order valence-corrected chi connectivity index (χ2v) is 5.68. The molecule has 19 heavy (non-hydrogen) atoms. The molecule has 1 saturated heterocycles. The van der Waals surface area contributed by atoms with Crippen molar-refractivity contribution in [2.75, 3.05) is 18.1 Å². The molecular weight excluding hydrogens is 290 g/mol. The van der Waals surface area contributed by atoms with Crippen LogP contribution in [-0.2, 0) is 4.79 Å². The van der Waals surface area contributed by atoms with Crippen molar-refractivity contribution >= 4 is 35.2 Å². The number of carbonyl (C=O) groups is 2. The molecule has 1 aromatic rings. The van der Waals surface area contributed by atoms with Crippen LogP contribution in [0, 0.1) is 0 Å². The van der Waals surface area contributed by atoms with Crippen molar-refractivity contribution in [1.82, 2.24) is 4.90 Å². The molecule has 1 atom stereocenters. The van der Waals surface area contributed by atoms with Gasteiger partial charge in [-0.05, 0) is 18.2 Å². The molecule has 1 heterocycles. The summed E-state index contributed by atoms with van der Waals surface area (Å²) >= 11 is 7.29. The number of phenols is 1. The first kappa shape index (κ1) is 14.0. The molecule has 0 saturated carbocycles. The van der Waals surface area contributed by atoms with Gasteiger partial charge in [0.15, 0.2) is 0 Å². The minimum atomic E-state index is -1.04. The summed E-state index contributed by atoms with van der Waals surface area (Å²) in [5.74, 6) is -0.717. The van der Waals surface area contributed by atoms with Gasteiger partial charge in [-0.15, -0.1) is 0 Å². The van der Waals surface area contributed by atoms with Crippen molar-refractivity contribution in [2.24, 2.45) is 0 Å². The lowest BCUT2D eigenvalue weighted by Gasteiger charge is -2.32. The molecule has 102 valence electrons. The molecule has 7 heteroatoms. The highest BCUT2D eigenvalue weighted by atomic mass is 35.5. The van der Waals surface area contributed by atoms with Gasteiger partial charge in [0.1, 0.15) is 11.8 Å². The van der Waals surface area contributed by atoms with E-state index in [2.05, 4.69) is 0 Å². The molecule has 1 amide bonds. The molecule has 2 N–H and O–H groups in total. The summed E-state index contributed by atoms with van der Waals surface area (Å²) in [4.78, 5) is 24.7. The third-order valence-corrected chi connectivity index (χ3v) is 4.12. The summed E-state index contributed by atoms with van der Waals surface area (Å²) in [5, 5.41) is 19.2. The number of benzene rings is 1. The summed E-state index contributed by atoms with van der Waals surface area (Å²) in [6, 6.07) is 3.27. The molecule has 0 radical (unpaired) electrons. The number of amides is 1. The van der Waals surface area contributed by atoms with Crippen molar-refractivity contribution in [3.63, 3.8) is 0 Å². The Kier molecular flexibility index (Phi) is 4.21. The fourth-order valence-corrected chi connectivity index (χ4v) is 3.10. The molecular formula is C12H12ClNO4S.